The highest BCUT2D eigenvalue weighted by Gasteiger charge is 2.36. The molecule has 1 aliphatic heterocycles. The van der Waals surface area contributed by atoms with Gasteiger partial charge in [-0.15, -0.1) is 0 Å². The Kier molecular flexibility index (Phi) is 5.57. The molecule has 5 nitrogen and oxygen atoms in total. The molecule has 0 aromatic heterocycles. The van der Waals surface area contributed by atoms with Crippen molar-refractivity contribution >= 4 is 52.2 Å². The summed E-state index contributed by atoms with van der Waals surface area (Å²) in [7, 11) is 0. The number of thioether (sulfide) groups is 1. The summed E-state index contributed by atoms with van der Waals surface area (Å²) in [6, 6.07) is 9.29. The first kappa shape index (κ1) is 19.1. The predicted molar refractivity (Wildman–Crippen MR) is 99.1 cm³/mol. The van der Waals surface area contributed by atoms with E-state index >= 15 is 0 Å². The van der Waals surface area contributed by atoms with Crippen LogP contribution in [0.2, 0.25) is 5.02 Å². The molecule has 0 radical (unpaired) electrons. The van der Waals surface area contributed by atoms with E-state index < -0.39 is 35.2 Å². The molecule has 1 heterocycles. The van der Waals surface area contributed by atoms with E-state index in [9.17, 15) is 23.2 Å². The molecule has 9 heteroatoms. The van der Waals surface area contributed by atoms with Gasteiger partial charge < -0.3 is 5.32 Å². The molecule has 1 fully saturated rings. The summed E-state index contributed by atoms with van der Waals surface area (Å²) in [6.45, 7) is -0.584. The lowest BCUT2D eigenvalue weighted by atomic mass is 10.2. The summed E-state index contributed by atoms with van der Waals surface area (Å²) in [5.41, 5.74) is 0.424. The quantitative estimate of drug-likeness (QED) is 0.766. The lowest BCUT2D eigenvalue weighted by molar-refractivity contribution is -0.127. The molecule has 3 amide bonds. The molecule has 2 aromatic rings. The smallest absolute Gasteiger partial charge is 0.294 e. The Balaban J connectivity index is 1.69. The summed E-state index contributed by atoms with van der Waals surface area (Å²) in [5.74, 6) is -3.16. The number of anilines is 1. The van der Waals surface area contributed by atoms with Crippen molar-refractivity contribution < 1.29 is 23.2 Å². The van der Waals surface area contributed by atoms with Crippen molar-refractivity contribution in [3.8, 4) is 0 Å². The zero-order valence-corrected chi connectivity index (χ0v) is 15.1. The summed E-state index contributed by atoms with van der Waals surface area (Å²) in [6.07, 6.45) is 1.51. The molecular weight excluding hydrogens is 398 g/mol. The fourth-order valence-electron chi connectivity index (χ4n) is 2.27. The highest BCUT2D eigenvalue weighted by Crippen LogP contribution is 2.32. The Bertz CT molecular complexity index is 964. The minimum Gasteiger partial charge on any atom is -0.322 e. The SMILES string of the molecule is O=C(CN1C(=O)S/C(=C/c2ccc(Cl)cc2)C1=O)Nc1ccc(F)cc1F. The molecule has 0 spiro atoms. The van der Waals surface area contributed by atoms with Crippen LogP contribution in [0.15, 0.2) is 47.4 Å². The predicted octanol–water partition coefficient (Wildman–Crippen LogP) is 4.29. The largest absolute Gasteiger partial charge is 0.322 e. The lowest BCUT2D eigenvalue weighted by Crippen LogP contribution is -2.36. The number of rotatable bonds is 4. The van der Waals surface area contributed by atoms with Crippen molar-refractivity contribution in [3.63, 3.8) is 0 Å². The number of nitrogens with zero attached hydrogens (tertiary/aromatic N) is 1. The van der Waals surface area contributed by atoms with Crippen LogP contribution in [-0.2, 0) is 9.59 Å². The summed E-state index contributed by atoms with van der Waals surface area (Å²) >= 11 is 6.50. The maximum Gasteiger partial charge on any atom is 0.294 e. The molecule has 1 saturated heterocycles. The first-order valence-electron chi connectivity index (χ1n) is 7.59. The van der Waals surface area contributed by atoms with E-state index in [1.54, 1.807) is 24.3 Å². The molecule has 0 aliphatic carbocycles. The number of nitrogens with one attached hydrogen (secondary N) is 1. The summed E-state index contributed by atoms with van der Waals surface area (Å²) in [4.78, 5) is 37.4. The van der Waals surface area contributed by atoms with E-state index in [4.69, 9.17) is 11.6 Å². The van der Waals surface area contributed by atoms with E-state index in [0.29, 0.717) is 28.4 Å². The van der Waals surface area contributed by atoms with Crippen LogP contribution in [-0.4, -0.2) is 28.5 Å². The Morgan fingerprint density at radius 3 is 2.52 bits per heavy atom. The summed E-state index contributed by atoms with van der Waals surface area (Å²) < 4.78 is 26.5. The number of halogens is 3. The average Bonchev–Trinajstić information content (AvgIpc) is 2.87. The number of hydrogen-bond donors (Lipinski definition) is 1. The Morgan fingerprint density at radius 1 is 1.15 bits per heavy atom. The molecule has 0 atom stereocenters. The van der Waals surface area contributed by atoms with Crippen molar-refractivity contribution in [2.24, 2.45) is 0 Å². The Labute approximate surface area is 162 Å². The third-order valence-corrected chi connectivity index (χ3v) is 4.71. The number of hydrogen-bond acceptors (Lipinski definition) is 4. The van der Waals surface area contributed by atoms with Gasteiger partial charge >= 0.3 is 0 Å². The zero-order chi connectivity index (χ0) is 19.6. The minimum atomic E-state index is -0.958. The molecular formula is C18H11ClF2N2O3S. The van der Waals surface area contributed by atoms with Crippen LogP contribution >= 0.6 is 23.4 Å². The number of carbonyl (C=O) groups excluding carboxylic acids is 3. The second kappa shape index (κ2) is 7.89. The first-order valence-corrected chi connectivity index (χ1v) is 8.79. The molecule has 1 N–H and O–H groups in total. The van der Waals surface area contributed by atoms with Gasteiger partial charge in [0, 0.05) is 11.1 Å². The second-order valence-corrected chi connectivity index (χ2v) is 6.92. The lowest BCUT2D eigenvalue weighted by Gasteiger charge is -2.12. The van der Waals surface area contributed by atoms with E-state index in [2.05, 4.69) is 5.32 Å². The summed E-state index contributed by atoms with van der Waals surface area (Å²) in [5, 5.41) is 2.12. The van der Waals surface area contributed by atoms with Gasteiger partial charge in [-0.05, 0) is 47.7 Å². The maximum atomic E-state index is 13.6. The van der Waals surface area contributed by atoms with Crippen LogP contribution in [0.4, 0.5) is 19.3 Å². The van der Waals surface area contributed by atoms with Gasteiger partial charge in [0.05, 0.1) is 10.6 Å². The van der Waals surface area contributed by atoms with E-state index in [1.807, 2.05) is 0 Å². The van der Waals surface area contributed by atoms with Crippen LogP contribution in [0.25, 0.3) is 6.08 Å². The molecule has 0 bridgehead atoms. The number of carbonyl (C=O) groups is 3. The second-order valence-electron chi connectivity index (χ2n) is 5.49. The number of amides is 3. The fraction of sp³-hybridized carbons (Fsp3) is 0.0556. The van der Waals surface area contributed by atoms with Gasteiger partial charge in [0.2, 0.25) is 5.91 Å². The van der Waals surface area contributed by atoms with Crippen LogP contribution in [0.5, 0.6) is 0 Å². The standard InChI is InChI=1S/C18H11ClF2N2O3S/c19-11-3-1-10(2-4-11)7-15-17(25)23(18(26)27-15)9-16(24)22-14-6-5-12(20)8-13(14)21/h1-8H,9H2,(H,22,24)/b15-7+. The molecule has 3 rings (SSSR count). The first-order chi connectivity index (χ1) is 12.8. The molecule has 1 aliphatic rings. The van der Waals surface area contributed by atoms with Crippen molar-refractivity contribution in [2.45, 2.75) is 0 Å². The van der Waals surface area contributed by atoms with Gasteiger partial charge in [-0.3, -0.25) is 19.3 Å². The van der Waals surface area contributed by atoms with Gasteiger partial charge in [0.1, 0.15) is 18.2 Å². The monoisotopic (exact) mass is 408 g/mol. The van der Waals surface area contributed by atoms with E-state index in [0.717, 1.165) is 17.0 Å². The van der Waals surface area contributed by atoms with Crippen LogP contribution in [0.3, 0.4) is 0 Å². The Morgan fingerprint density at radius 2 is 1.85 bits per heavy atom. The molecule has 0 saturated carbocycles. The van der Waals surface area contributed by atoms with Crippen molar-refractivity contribution in [1.29, 1.82) is 0 Å². The minimum absolute atomic E-state index is 0.156. The molecule has 138 valence electrons. The van der Waals surface area contributed by atoms with Gasteiger partial charge in [-0.1, -0.05) is 23.7 Å². The molecule has 0 unspecified atom stereocenters. The number of benzene rings is 2. The van der Waals surface area contributed by atoms with Gasteiger partial charge in [0.15, 0.2) is 0 Å². The van der Waals surface area contributed by atoms with Gasteiger partial charge in [-0.25, -0.2) is 8.78 Å². The maximum absolute atomic E-state index is 13.6. The fourth-order valence-corrected chi connectivity index (χ4v) is 3.24. The Hall–Kier alpha value is -2.71. The molecule has 27 heavy (non-hydrogen) atoms. The third-order valence-electron chi connectivity index (χ3n) is 3.55. The number of imide groups is 1. The van der Waals surface area contributed by atoms with Crippen LogP contribution in [0.1, 0.15) is 5.56 Å². The van der Waals surface area contributed by atoms with Crippen LogP contribution in [0, 0.1) is 11.6 Å². The highest BCUT2D eigenvalue weighted by atomic mass is 35.5. The van der Waals surface area contributed by atoms with E-state index in [-0.39, 0.29) is 10.6 Å². The normalized spacial score (nSPS) is 15.5. The van der Waals surface area contributed by atoms with Gasteiger partial charge in [0.25, 0.3) is 11.1 Å². The van der Waals surface area contributed by atoms with Crippen molar-refractivity contribution in [2.75, 3.05) is 11.9 Å². The van der Waals surface area contributed by atoms with E-state index in [1.165, 1.54) is 6.08 Å². The average molecular weight is 409 g/mol. The van der Waals surface area contributed by atoms with Crippen molar-refractivity contribution in [3.05, 3.63) is 69.6 Å². The molecule has 2 aromatic carbocycles. The van der Waals surface area contributed by atoms with Crippen LogP contribution < -0.4 is 5.32 Å². The zero-order valence-electron chi connectivity index (χ0n) is 13.5. The topological polar surface area (TPSA) is 66.5 Å². The highest BCUT2D eigenvalue weighted by molar-refractivity contribution is 8.18. The van der Waals surface area contributed by atoms with Crippen molar-refractivity contribution in [1.82, 2.24) is 4.90 Å². The van der Waals surface area contributed by atoms with Gasteiger partial charge in [-0.2, -0.15) is 0 Å². The third kappa shape index (κ3) is 4.53.